The molecule has 7 heteroatoms. The van der Waals surface area contributed by atoms with E-state index in [-0.39, 0.29) is 17.4 Å². The average molecular weight is 317 g/mol. The predicted octanol–water partition coefficient (Wildman–Crippen LogP) is 1.10. The summed E-state index contributed by atoms with van der Waals surface area (Å²) in [7, 11) is 0. The molecule has 0 bridgehead atoms. The van der Waals surface area contributed by atoms with E-state index in [1.807, 2.05) is 0 Å². The molecular formula is C16H19N3O4. The number of carbonyl (C=O) groups is 1. The van der Waals surface area contributed by atoms with Crippen LogP contribution in [0.2, 0.25) is 0 Å². The molecule has 1 unspecified atom stereocenters. The molecule has 1 aromatic carbocycles. The van der Waals surface area contributed by atoms with Gasteiger partial charge in [-0.3, -0.25) is 4.79 Å². The second-order valence-corrected chi connectivity index (χ2v) is 5.45. The standard InChI is InChI=1S/C16H19N3O4/c17-13(9-11-1-3-12(20)4-2-11)15-18-14(10-23-15)16(21)19-5-7-22-8-6-19/h1-4,10,13,20H,5-9,17H2. The highest BCUT2D eigenvalue weighted by molar-refractivity contribution is 5.92. The molecule has 0 spiro atoms. The average Bonchev–Trinajstić information content (AvgIpc) is 3.07. The maximum Gasteiger partial charge on any atom is 0.275 e. The third kappa shape index (κ3) is 3.69. The normalized spacial score (nSPS) is 16.3. The van der Waals surface area contributed by atoms with Gasteiger partial charge in [-0.2, -0.15) is 0 Å². The first-order chi connectivity index (χ1) is 11.1. The van der Waals surface area contributed by atoms with Crippen LogP contribution in [-0.2, 0) is 11.2 Å². The number of nitrogens with two attached hydrogens (primary N) is 1. The number of benzene rings is 1. The maximum absolute atomic E-state index is 12.3. The number of carbonyl (C=O) groups excluding carboxylic acids is 1. The molecule has 23 heavy (non-hydrogen) atoms. The molecule has 122 valence electrons. The zero-order valence-electron chi connectivity index (χ0n) is 12.6. The highest BCUT2D eigenvalue weighted by Crippen LogP contribution is 2.18. The number of phenols is 1. The van der Waals surface area contributed by atoms with Crippen LogP contribution >= 0.6 is 0 Å². The van der Waals surface area contributed by atoms with Crippen molar-refractivity contribution >= 4 is 5.91 Å². The molecule has 1 atom stereocenters. The molecule has 1 aromatic heterocycles. The summed E-state index contributed by atoms with van der Waals surface area (Å²) in [6, 6.07) is 6.33. The lowest BCUT2D eigenvalue weighted by molar-refractivity contribution is 0.0299. The van der Waals surface area contributed by atoms with Gasteiger partial charge in [-0.25, -0.2) is 4.98 Å². The topological polar surface area (TPSA) is 102 Å². The first-order valence-electron chi connectivity index (χ1n) is 7.49. The number of ether oxygens (including phenoxy) is 1. The Balaban J connectivity index is 1.65. The van der Waals surface area contributed by atoms with Crippen molar-refractivity contribution in [1.29, 1.82) is 0 Å². The summed E-state index contributed by atoms with van der Waals surface area (Å²) in [4.78, 5) is 18.2. The number of phenolic OH excluding ortho intramolecular Hbond substituents is 1. The van der Waals surface area contributed by atoms with Gasteiger partial charge in [0, 0.05) is 13.1 Å². The molecule has 7 nitrogen and oxygen atoms in total. The molecule has 1 aliphatic heterocycles. The largest absolute Gasteiger partial charge is 0.508 e. The zero-order chi connectivity index (χ0) is 16.2. The number of aromatic nitrogens is 1. The van der Waals surface area contributed by atoms with E-state index in [1.165, 1.54) is 6.26 Å². The Labute approximate surface area is 133 Å². The van der Waals surface area contributed by atoms with Crippen molar-refractivity contribution in [2.45, 2.75) is 12.5 Å². The van der Waals surface area contributed by atoms with Crippen LogP contribution in [0.3, 0.4) is 0 Å². The maximum atomic E-state index is 12.3. The fourth-order valence-electron chi connectivity index (χ4n) is 2.46. The van der Waals surface area contributed by atoms with E-state index in [9.17, 15) is 9.90 Å². The molecule has 0 saturated carbocycles. The molecule has 1 aliphatic rings. The molecule has 2 aromatic rings. The third-order valence-electron chi connectivity index (χ3n) is 3.75. The lowest BCUT2D eigenvalue weighted by atomic mass is 10.1. The van der Waals surface area contributed by atoms with Crippen molar-refractivity contribution < 1.29 is 19.1 Å². The van der Waals surface area contributed by atoms with Crippen LogP contribution in [0.4, 0.5) is 0 Å². The van der Waals surface area contributed by atoms with E-state index < -0.39 is 6.04 Å². The number of nitrogens with zero attached hydrogens (tertiary/aromatic N) is 2. The number of hydrogen-bond acceptors (Lipinski definition) is 6. The third-order valence-corrected chi connectivity index (χ3v) is 3.75. The lowest BCUT2D eigenvalue weighted by Gasteiger charge is -2.25. The van der Waals surface area contributed by atoms with Crippen molar-refractivity contribution in [2.24, 2.45) is 5.73 Å². The number of aromatic hydroxyl groups is 1. The monoisotopic (exact) mass is 317 g/mol. The summed E-state index contributed by atoms with van der Waals surface area (Å²) < 4.78 is 10.6. The van der Waals surface area contributed by atoms with E-state index in [4.69, 9.17) is 14.9 Å². The van der Waals surface area contributed by atoms with E-state index in [2.05, 4.69) is 4.98 Å². The lowest BCUT2D eigenvalue weighted by Crippen LogP contribution is -2.40. The van der Waals surface area contributed by atoms with Gasteiger partial charge in [-0.15, -0.1) is 0 Å². The Morgan fingerprint density at radius 3 is 2.70 bits per heavy atom. The van der Waals surface area contributed by atoms with Crippen LogP contribution in [-0.4, -0.2) is 47.2 Å². The number of amides is 1. The van der Waals surface area contributed by atoms with Crippen LogP contribution in [0, 0.1) is 0 Å². The van der Waals surface area contributed by atoms with Gasteiger partial charge in [0.1, 0.15) is 12.0 Å². The zero-order valence-corrected chi connectivity index (χ0v) is 12.6. The highest BCUT2D eigenvalue weighted by Gasteiger charge is 2.23. The minimum Gasteiger partial charge on any atom is -0.508 e. The van der Waals surface area contributed by atoms with Gasteiger partial charge in [0.2, 0.25) is 5.89 Å². The van der Waals surface area contributed by atoms with Crippen molar-refractivity contribution in [3.8, 4) is 5.75 Å². The van der Waals surface area contributed by atoms with Crippen LogP contribution in [0.15, 0.2) is 34.9 Å². The SMILES string of the molecule is NC(Cc1ccc(O)cc1)c1nc(C(=O)N2CCOCC2)co1. The minimum absolute atomic E-state index is 0.167. The van der Waals surface area contributed by atoms with Gasteiger partial charge >= 0.3 is 0 Å². The molecule has 1 saturated heterocycles. The molecule has 3 rings (SSSR count). The summed E-state index contributed by atoms with van der Waals surface area (Å²) in [6.45, 7) is 2.19. The van der Waals surface area contributed by atoms with Crippen LogP contribution in [0.5, 0.6) is 5.75 Å². The summed E-state index contributed by atoms with van der Waals surface area (Å²) in [5.74, 6) is 0.367. The van der Waals surface area contributed by atoms with Gasteiger partial charge in [0.25, 0.3) is 5.91 Å². The van der Waals surface area contributed by atoms with E-state index in [0.717, 1.165) is 5.56 Å². The van der Waals surface area contributed by atoms with Gasteiger partial charge in [0.15, 0.2) is 5.69 Å². The molecule has 2 heterocycles. The van der Waals surface area contributed by atoms with Crippen molar-refractivity contribution in [1.82, 2.24) is 9.88 Å². The van der Waals surface area contributed by atoms with Crippen LogP contribution < -0.4 is 5.73 Å². The number of oxazole rings is 1. The molecule has 3 N–H and O–H groups in total. The smallest absolute Gasteiger partial charge is 0.275 e. The van der Waals surface area contributed by atoms with Crippen molar-refractivity contribution in [2.75, 3.05) is 26.3 Å². The van der Waals surface area contributed by atoms with Gasteiger partial charge < -0.3 is 24.9 Å². The van der Waals surface area contributed by atoms with Gasteiger partial charge in [-0.05, 0) is 24.1 Å². The first-order valence-corrected chi connectivity index (χ1v) is 7.49. The van der Waals surface area contributed by atoms with E-state index in [1.54, 1.807) is 29.2 Å². The summed E-state index contributed by atoms with van der Waals surface area (Å²) in [6.07, 6.45) is 1.86. The summed E-state index contributed by atoms with van der Waals surface area (Å²) in [5, 5.41) is 9.28. The molecule has 0 radical (unpaired) electrons. The second-order valence-electron chi connectivity index (χ2n) is 5.45. The minimum atomic E-state index is -0.453. The Morgan fingerprint density at radius 2 is 2.00 bits per heavy atom. The van der Waals surface area contributed by atoms with Crippen LogP contribution in [0.1, 0.15) is 28.0 Å². The Bertz CT molecular complexity index is 662. The number of morpholine rings is 1. The van der Waals surface area contributed by atoms with Crippen LogP contribution in [0.25, 0.3) is 0 Å². The first kappa shape index (κ1) is 15.5. The number of rotatable bonds is 4. The van der Waals surface area contributed by atoms with E-state index >= 15 is 0 Å². The van der Waals surface area contributed by atoms with Gasteiger partial charge in [0.05, 0.1) is 19.3 Å². The summed E-state index contributed by atoms with van der Waals surface area (Å²) in [5.41, 5.74) is 7.31. The fraction of sp³-hybridized carbons (Fsp3) is 0.375. The van der Waals surface area contributed by atoms with Crippen molar-refractivity contribution in [3.63, 3.8) is 0 Å². The fourth-order valence-corrected chi connectivity index (χ4v) is 2.46. The van der Waals surface area contributed by atoms with Gasteiger partial charge in [-0.1, -0.05) is 12.1 Å². The predicted molar refractivity (Wildman–Crippen MR) is 82.0 cm³/mol. The number of hydrogen-bond donors (Lipinski definition) is 2. The molecule has 1 amide bonds. The summed E-state index contributed by atoms with van der Waals surface area (Å²) >= 11 is 0. The molecular weight excluding hydrogens is 298 g/mol. The molecule has 1 fully saturated rings. The Hall–Kier alpha value is -2.38. The Kier molecular flexibility index (Phi) is 4.59. The molecule has 0 aliphatic carbocycles. The van der Waals surface area contributed by atoms with Crippen molar-refractivity contribution in [3.05, 3.63) is 47.7 Å². The quantitative estimate of drug-likeness (QED) is 0.875. The van der Waals surface area contributed by atoms with E-state index in [0.29, 0.717) is 38.6 Å². The highest BCUT2D eigenvalue weighted by atomic mass is 16.5. The second kappa shape index (κ2) is 6.80. The Morgan fingerprint density at radius 1 is 1.30 bits per heavy atom.